The summed E-state index contributed by atoms with van der Waals surface area (Å²) in [6.45, 7) is 4.96. The van der Waals surface area contributed by atoms with Crippen LogP contribution in [0.2, 0.25) is 0 Å². The second-order valence-electron chi connectivity index (χ2n) is 9.88. The van der Waals surface area contributed by atoms with E-state index < -0.39 is 0 Å². The molecule has 6 rings (SSSR count). The fourth-order valence-electron chi connectivity index (χ4n) is 6.88. The standard InChI is InChI=1S/C23H32N2O2/c26-22(15-23-12-18-9-19(13-23)11-20(10-18)14-23)24-21-3-1-17(2-4-21)16-25-5-7-27-8-6-25/h1-4,18-20H,5-16H2,(H,24,26)/p+1. The van der Waals surface area contributed by atoms with Gasteiger partial charge in [-0.05, 0) is 73.8 Å². The van der Waals surface area contributed by atoms with E-state index in [4.69, 9.17) is 4.74 Å². The molecule has 0 spiro atoms. The molecule has 2 N–H and O–H groups in total. The summed E-state index contributed by atoms with van der Waals surface area (Å²) in [5.74, 6) is 2.95. The minimum absolute atomic E-state index is 0.225. The molecule has 1 aliphatic heterocycles. The Bertz CT molecular complexity index is 643. The van der Waals surface area contributed by atoms with Crippen LogP contribution in [0.4, 0.5) is 5.69 Å². The summed E-state index contributed by atoms with van der Waals surface area (Å²) >= 11 is 0. The molecule has 5 aliphatic rings. The number of carbonyl (C=O) groups excluding carboxylic acids is 1. The highest BCUT2D eigenvalue weighted by Crippen LogP contribution is 2.61. The van der Waals surface area contributed by atoms with Crippen molar-refractivity contribution >= 4 is 11.6 Å². The highest BCUT2D eigenvalue weighted by atomic mass is 16.5. The number of quaternary nitrogens is 1. The largest absolute Gasteiger partial charge is 0.370 e. The Morgan fingerprint density at radius 1 is 1.00 bits per heavy atom. The minimum atomic E-state index is 0.225. The van der Waals surface area contributed by atoms with Gasteiger partial charge in [0.2, 0.25) is 5.91 Å². The van der Waals surface area contributed by atoms with E-state index in [1.807, 2.05) is 0 Å². The minimum Gasteiger partial charge on any atom is -0.370 e. The molecule has 1 aromatic carbocycles. The van der Waals surface area contributed by atoms with Gasteiger partial charge < -0.3 is 15.0 Å². The molecule has 1 saturated heterocycles. The Morgan fingerprint density at radius 2 is 1.59 bits per heavy atom. The average Bonchev–Trinajstić information content (AvgIpc) is 2.62. The predicted molar refractivity (Wildman–Crippen MR) is 106 cm³/mol. The molecule has 5 fully saturated rings. The van der Waals surface area contributed by atoms with Crippen LogP contribution in [0.5, 0.6) is 0 Å². The van der Waals surface area contributed by atoms with Crippen molar-refractivity contribution in [2.75, 3.05) is 31.6 Å². The van der Waals surface area contributed by atoms with E-state index >= 15 is 0 Å². The Hall–Kier alpha value is -1.39. The molecule has 27 heavy (non-hydrogen) atoms. The van der Waals surface area contributed by atoms with Gasteiger partial charge in [0.05, 0.1) is 13.2 Å². The van der Waals surface area contributed by atoms with E-state index in [1.165, 1.54) is 44.1 Å². The highest BCUT2D eigenvalue weighted by molar-refractivity contribution is 5.91. The molecule has 0 aromatic heterocycles. The smallest absolute Gasteiger partial charge is 0.224 e. The first-order chi connectivity index (χ1) is 13.2. The Labute approximate surface area is 162 Å². The van der Waals surface area contributed by atoms with Crippen LogP contribution in [0.3, 0.4) is 0 Å². The fraction of sp³-hybridized carbons (Fsp3) is 0.696. The normalized spacial score (nSPS) is 35.3. The molecule has 0 unspecified atom stereocenters. The molecule has 1 aromatic rings. The summed E-state index contributed by atoms with van der Waals surface area (Å²) in [5, 5.41) is 3.18. The van der Waals surface area contributed by atoms with Crippen molar-refractivity contribution in [3.63, 3.8) is 0 Å². The zero-order valence-electron chi connectivity index (χ0n) is 16.3. The molecule has 1 heterocycles. The van der Waals surface area contributed by atoms with Gasteiger partial charge in [0.15, 0.2) is 0 Å². The molecule has 4 saturated carbocycles. The van der Waals surface area contributed by atoms with Crippen LogP contribution in [0.25, 0.3) is 0 Å². The molecule has 4 aliphatic carbocycles. The number of anilines is 1. The lowest BCUT2D eigenvalue weighted by atomic mass is 9.49. The van der Waals surface area contributed by atoms with E-state index in [2.05, 4.69) is 29.6 Å². The number of ether oxygens (including phenoxy) is 1. The summed E-state index contributed by atoms with van der Waals surface area (Å²) in [6.07, 6.45) is 8.94. The third kappa shape index (κ3) is 3.93. The third-order valence-corrected chi connectivity index (χ3v) is 7.59. The number of hydrogen-bond acceptors (Lipinski definition) is 2. The van der Waals surface area contributed by atoms with E-state index in [0.29, 0.717) is 5.41 Å². The van der Waals surface area contributed by atoms with Crippen LogP contribution >= 0.6 is 0 Å². The molecule has 1 amide bonds. The van der Waals surface area contributed by atoms with Crippen molar-refractivity contribution in [2.45, 2.75) is 51.5 Å². The van der Waals surface area contributed by atoms with E-state index in [1.54, 1.807) is 4.90 Å². The topological polar surface area (TPSA) is 42.8 Å². The predicted octanol–water partition coefficient (Wildman–Crippen LogP) is 2.65. The first-order valence-corrected chi connectivity index (χ1v) is 11.0. The van der Waals surface area contributed by atoms with Gasteiger partial charge in [-0.25, -0.2) is 0 Å². The summed E-state index contributed by atoms with van der Waals surface area (Å²) in [6, 6.07) is 8.49. The molecule has 4 nitrogen and oxygen atoms in total. The van der Waals surface area contributed by atoms with Crippen LogP contribution in [-0.4, -0.2) is 32.2 Å². The molecular weight excluding hydrogens is 336 g/mol. The summed E-state index contributed by atoms with van der Waals surface area (Å²) in [7, 11) is 0. The van der Waals surface area contributed by atoms with Crippen LogP contribution in [0, 0.1) is 23.2 Å². The van der Waals surface area contributed by atoms with Gasteiger partial charge in [0, 0.05) is 17.7 Å². The quantitative estimate of drug-likeness (QED) is 0.838. The summed E-state index contributed by atoms with van der Waals surface area (Å²) in [4.78, 5) is 14.4. The maximum atomic E-state index is 12.8. The molecule has 0 radical (unpaired) electrons. The molecule has 146 valence electrons. The summed E-state index contributed by atoms with van der Waals surface area (Å²) < 4.78 is 5.43. The van der Waals surface area contributed by atoms with Gasteiger partial charge in [0.25, 0.3) is 0 Å². The number of benzene rings is 1. The molecular formula is C23H33N2O2+. The number of morpholine rings is 1. The maximum Gasteiger partial charge on any atom is 0.224 e. The van der Waals surface area contributed by atoms with Crippen LogP contribution < -0.4 is 10.2 Å². The van der Waals surface area contributed by atoms with Crippen molar-refractivity contribution in [3.8, 4) is 0 Å². The van der Waals surface area contributed by atoms with Crippen molar-refractivity contribution in [3.05, 3.63) is 29.8 Å². The average molecular weight is 370 g/mol. The van der Waals surface area contributed by atoms with Crippen molar-refractivity contribution < 1.29 is 14.4 Å². The first-order valence-electron chi connectivity index (χ1n) is 11.0. The molecule has 4 bridgehead atoms. The highest BCUT2D eigenvalue weighted by Gasteiger charge is 2.51. The van der Waals surface area contributed by atoms with Gasteiger partial charge in [-0.15, -0.1) is 0 Å². The molecule has 4 heteroatoms. The number of nitrogens with one attached hydrogen (secondary N) is 2. The van der Waals surface area contributed by atoms with Crippen LogP contribution in [-0.2, 0) is 16.1 Å². The van der Waals surface area contributed by atoms with E-state index in [-0.39, 0.29) is 5.91 Å². The van der Waals surface area contributed by atoms with E-state index in [9.17, 15) is 4.79 Å². The molecule has 0 atom stereocenters. The van der Waals surface area contributed by atoms with Gasteiger partial charge >= 0.3 is 0 Å². The number of amides is 1. The van der Waals surface area contributed by atoms with Crippen molar-refractivity contribution in [1.29, 1.82) is 0 Å². The Balaban J connectivity index is 1.16. The number of hydrogen-bond donors (Lipinski definition) is 2. The zero-order chi connectivity index (χ0) is 18.3. The van der Waals surface area contributed by atoms with Crippen molar-refractivity contribution in [2.24, 2.45) is 23.2 Å². The van der Waals surface area contributed by atoms with Gasteiger partial charge in [0.1, 0.15) is 19.6 Å². The first kappa shape index (κ1) is 17.7. The van der Waals surface area contributed by atoms with Gasteiger partial charge in [-0.1, -0.05) is 12.1 Å². The fourth-order valence-corrected chi connectivity index (χ4v) is 6.88. The van der Waals surface area contributed by atoms with Crippen LogP contribution in [0.15, 0.2) is 24.3 Å². The Morgan fingerprint density at radius 3 is 2.19 bits per heavy atom. The lowest BCUT2D eigenvalue weighted by Gasteiger charge is -2.56. The Kier molecular flexibility index (Phi) is 4.73. The SMILES string of the molecule is O=C(CC12CC3CC(CC(C3)C1)C2)Nc1ccc(C[NH+]2CCOCC2)cc1. The van der Waals surface area contributed by atoms with Gasteiger partial charge in [-0.2, -0.15) is 0 Å². The van der Waals surface area contributed by atoms with Crippen molar-refractivity contribution in [1.82, 2.24) is 0 Å². The second-order valence-corrected chi connectivity index (χ2v) is 9.88. The summed E-state index contributed by atoms with van der Waals surface area (Å²) in [5.41, 5.74) is 2.61. The zero-order valence-corrected chi connectivity index (χ0v) is 16.3. The van der Waals surface area contributed by atoms with Crippen LogP contribution in [0.1, 0.15) is 50.5 Å². The second kappa shape index (κ2) is 7.21. The lowest BCUT2D eigenvalue weighted by Crippen LogP contribution is -3.12. The maximum absolute atomic E-state index is 12.8. The number of rotatable bonds is 5. The van der Waals surface area contributed by atoms with Gasteiger partial charge in [-0.3, -0.25) is 4.79 Å². The lowest BCUT2D eigenvalue weighted by molar-refractivity contribution is -0.921. The third-order valence-electron chi connectivity index (χ3n) is 7.59. The van der Waals surface area contributed by atoms with E-state index in [0.717, 1.165) is 62.7 Å². The number of carbonyl (C=O) groups is 1. The monoisotopic (exact) mass is 369 g/mol.